The fourth-order valence-electron chi connectivity index (χ4n) is 3.13. The molecule has 0 saturated heterocycles. The lowest BCUT2D eigenvalue weighted by Crippen LogP contribution is -2.23. The molecule has 0 aliphatic rings. The van der Waals surface area contributed by atoms with Crippen molar-refractivity contribution in [2.24, 2.45) is 5.73 Å². The van der Waals surface area contributed by atoms with Crippen LogP contribution < -0.4 is 10.6 Å². The Labute approximate surface area is 169 Å². The molecule has 1 amide bonds. The second-order valence-corrected chi connectivity index (χ2v) is 6.71. The Kier molecular flexibility index (Phi) is 6.19. The van der Waals surface area contributed by atoms with E-state index >= 15 is 0 Å². The summed E-state index contributed by atoms with van der Waals surface area (Å²) in [5, 5.41) is 11.7. The van der Waals surface area contributed by atoms with Gasteiger partial charge in [-0.15, -0.1) is 0 Å². The van der Waals surface area contributed by atoms with Gasteiger partial charge in [0, 0.05) is 37.1 Å². The van der Waals surface area contributed by atoms with Gasteiger partial charge in [-0.05, 0) is 41.3 Å². The fourth-order valence-corrected chi connectivity index (χ4v) is 3.13. The van der Waals surface area contributed by atoms with Gasteiger partial charge in [-0.3, -0.25) is 19.9 Å². The van der Waals surface area contributed by atoms with Gasteiger partial charge >= 0.3 is 0 Å². The summed E-state index contributed by atoms with van der Waals surface area (Å²) in [5.41, 5.74) is 8.84. The number of hydrogen-bond acceptors (Lipinski definition) is 5. The average Bonchev–Trinajstić information content (AvgIpc) is 2.74. The summed E-state index contributed by atoms with van der Waals surface area (Å²) in [6, 6.07) is 16.2. The number of amides is 1. The molecule has 0 bridgehead atoms. The molecule has 0 radical (unpaired) electrons. The number of primary amides is 1. The first kappa shape index (κ1) is 20.0. The molecule has 3 aromatic rings. The van der Waals surface area contributed by atoms with Gasteiger partial charge in [0.15, 0.2) is 0 Å². The molecular formula is C22H22N4O3. The lowest BCUT2D eigenvalue weighted by molar-refractivity contribution is -0.384. The number of nitro groups is 1. The van der Waals surface area contributed by atoms with E-state index < -0.39 is 10.8 Å². The Morgan fingerprint density at radius 2 is 1.76 bits per heavy atom. The first-order chi connectivity index (χ1) is 14.0. The highest BCUT2D eigenvalue weighted by atomic mass is 16.6. The van der Waals surface area contributed by atoms with Crippen LogP contribution in [0.2, 0.25) is 0 Å². The second kappa shape index (κ2) is 8.97. The summed E-state index contributed by atoms with van der Waals surface area (Å²) in [6.07, 6.45) is 4.36. The number of benzene rings is 2. The van der Waals surface area contributed by atoms with Gasteiger partial charge in [-0.25, -0.2) is 0 Å². The van der Waals surface area contributed by atoms with Crippen molar-refractivity contribution in [1.82, 2.24) is 4.98 Å². The average molecular weight is 390 g/mol. The van der Waals surface area contributed by atoms with Crippen molar-refractivity contribution in [3.05, 3.63) is 99.4 Å². The highest BCUT2D eigenvalue weighted by molar-refractivity contribution is 5.94. The van der Waals surface area contributed by atoms with Gasteiger partial charge in [0.1, 0.15) is 5.69 Å². The number of pyridine rings is 1. The minimum atomic E-state index is -0.700. The van der Waals surface area contributed by atoms with Crippen LogP contribution in [0.4, 0.5) is 11.4 Å². The summed E-state index contributed by atoms with van der Waals surface area (Å²) in [7, 11) is 0. The number of aromatic nitrogens is 1. The molecule has 0 atom stereocenters. The number of nitrogens with two attached hydrogens (primary N) is 1. The van der Waals surface area contributed by atoms with Crippen molar-refractivity contribution in [3.8, 4) is 0 Å². The zero-order valence-electron chi connectivity index (χ0n) is 16.1. The second-order valence-electron chi connectivity index (χ2n) is 6.71. The van der Waals surface area contributed by atoms with Crippen molar-refractivity contribution in [1.29, 1.82) is 0 Å². The Hall–Kier alpha value is -3.74. The van der Waals surface area contributed by atoms with Crippen LogP contribution >= 0.6 is 0 Å². The lowest BCUT2D eigenvalue weighted by Gasteiger charge is -2.25. The van der Waals surface area contributed by atoms with Gasteiger partial charge in [-0.1, -0.05) is 37.3 Å². The molecule has 0 aliphatic carbocycles. The van der Waals surface area contributed by atoms with E-state index in [1.807, 2.05) is 29.2 Å². The van der Waals surface area contributed by atoms with E-state index in [-0.39, 0.29) is 11.3 Å². The van der Waals surface area contributed by atoms with Crippen LogP contribution in [0, 0.1) is 10.1 Å². The number of hydrogen-bond donors (Lipinski definition) is 1. The van der Waals surface area contributed by atoms with Crippen LogP contribution in [0.1, 0.15) is 34.0 Å². The van der Waals surface area contributed by atoms with Crippen molar-refractivity contribution < 1.29 is 9.72 Å². The largest absolute Gasteiger partial charge is 0.366 e. The number of carbonyl (C=O) groups excluding carboxylic acids is 1. The molecule has 7 heteroatoms. The molecule has 2 aromatic carbocycles. The standard InChI is InChI=1S/C22H22N4O3/c1-2-16-5-7-17(8-6-16)14-25(15-18-4-3-11-24-13-18)20-10-9-19(22(23)27)12-21(20)26(28)29/h3-13H,2,14-15H2,1H3,(H2,23,27). The Balaban J connectivity index is 2.01. The molecule has 0 spiro atoms. The first-order valence-electron chi connectivity index (χ1n) is 9.28. The van der Waals surface area contributed by atoms with E-state index in [9.17, 15) is 14.9 Å². The molecule has 1 aromatic heterocycles. The van der Waals surface area contributed by atoms with Crippen LogP contribution in [0.5, 0.6) is 0 Å². The number of anilines is 1. The minimum absolute atomic E-state index is 0.106. The van der Waals surface area contributed by atoms with Crippen molar-refractivity contribution in [2.75, 3.05) is 4.90 Å². The van der Waals surface area contributed by atoms with E-state index in [1.165, 1.54) is 17.7 Å². The van der Waals surface area contributed by atoms with Crippen LogP contribution in [0.25, 0.3) is 0 Å². The Morgan fingerprint density at radius 3 is 2.34 bits per heavy atom. The zero-order valence-corrected chi connectivity index (χ0v) is 16.1. The monoisotopic (exact) mass is 390 g/mol. The molecule has 7 nitrogen and oxygen atoms in total. The number of nitrogens with zero attached hydrogens (tertiary/aromatic N) is 3. The molecule has 0 fully saturated rings. The Morgan fingerprint density at radius 1 is 1.07 bits per heavy atom. The molecule has 0 unspecified atom stereocenters. The van der Waals surface area contributed by atoms with Gasteiger partial charge in [-0.2, -0.15) is 0 Å². The van der Waals surface area contributed by atoms with Crippen LogP contribution in [0.3, 0.4) is 0 Å². The smallest absolute Gasteiger partial charge is 0.293 e. The fraction of sp³-hybridized carbons (Fsp3) is 0.182. The molecule has 29 heavy (non-hydrogen) atoms. The Bertz CT molecular complexity index is 1000. The maximum Gasteiger partial charge on any atom is 0.293 e. The SMILES string of the molecule is CCc1ccc(CN(Cc2cccnc2)c2ccc(C(N)=O)cc2[N+](=O)[O-])cc1. The molecule has 1 heterocycles. The van der Waals surface area contributed by atoms with E-state index in [0.717, 1.165) is 17.5 Å². The molecular weight excluding hydrogens is 368 g/mol. The summed E-state index contributed by atoms with van der Waals surface area (Å²) in [6.45, 7) is 2.99. The van der Waals surface area contributed by atoms with Crippen molar-refractivity contribution in [2.45, 2.75) is 26.4 Å². The first-order valence-corrected chi connectivity index (χ1v) is 9.28. The molecule has 2 N–H and O–H groups in total. The highest BCUT2D eigenvalue weighted by Crippen LogP contribution is 2.31. The maximum atomic E-state index is 11.7. The lowest BCUT2D eigenvalue weighted by atomic mass is 10.1. The van der Waals surface area contributed by atoms with Crippen LogP contribution in [-0.2, 0) is 19.5 Å². The third-order valence-corrected chi connectivity index (χ3v) is 4.70. The van der Waals surface area contributed by atoms with E-state index in [2.05, 4.69) is 24.0 Å². The quantitative estimate of drug-likeness (QED) is 0.465. The highest BCUT2D eigenvalue weighted by Gasteiger charge is 2.22. The van der Waals surface area contributed by atoms with Gasteiger partial charge < -0.3 is 10.6 Å². The number of nitro benzene ring substituents is 1. The van der Waals surface area contributed by atoms with E-state index in [0.29, 0.717) is 18.8 Å². The molecule has 0 saturated carbocycles. The molecule has 0 aliphatic heterocycles. The summed E-state index contributed by atoms with van der Waals surface area (Å²) in [5.74, 6) is -0.700. The van der Waals surface area contributed by atoms with Crippen molar-refractivity contribution >= 4 is 17.3 Å². The molecule has 148 valence electrons. The zero-order chi connectivity index (χ0) is 20.8. The predicted octanol–water partition coefficient (Wildman–Crippen LogP) is 3.86. The predicted molar refractivity (Wildman–Crippen MR) is 112 cm³/mol. The summed E-state index contributed by atoms with van der Waals surface area (Å²) >= 11 is 0. The third-order valence-electron chi connectivity index (χ3n) is 4.70. The van der Waals surface area contributed by atoms with Gasteiger partial charge in [0.05, 0.1) is 4.92 Å². The normalized spacial score (nSPS) is 10.5. The minimum Gasteiger partial charge on any atom is -0.366 e. The van der Waals surface area contributed by atoms with Crippen molar-refractivity contribution in [3.63, 3.8) is 0 Å². The van der Waals surface area contributed by atoms with Gasteiger partial charge in [0.2, 0.25) is 5.91 Å². The molecule has 3 rings (SSSR count). The van der Waals surface area contributed by atoms with Gasteiger partial charge in [0.25, 0.3) is 5.69 Å². The summed E-state index contributed by atoms with van der Waals surface area (Å²) < 4.78 is 0. The number of aryl methyl sites for hydroxylation is 1. The topological polar surface area (TPSA) is 102 Å². The maximum absolute atomic E-state index is 11.7. The number of carbonyl (C=O) groups is 1. The van der Waals surface area contributed by atoms with E-state index in [1.54, 1.807) is 18.5 Å². The van der Waals surface area contributed by atoms with Crippen LogP contribution in [0.15, 0.2) is 67.0 Å². The van der Waals surface area contributed by atoms with E-state index in [4.69, 9.17) is 5.73 Å². The third kappa shape index (κ3) is 4.95. The summed E-state index contributed by atoms with van der Waals surface area (Å²) in [4.78, 5) is 28.7. The number of rotatable bonds is 8. The van der Waals surface area contributed by atoms with Crippen LogP contribution in [-0.4, -0.2) is 15.8 Å².